The van der Waals surface area contributed by atoms with E-state index in [1.807, 2.05) is 61.5 Å². The summed E-state index contributed by atoms with van der Waals surface area (Å²) in [4.78, 5) is 12.9. The second-order valence-electron chi connectivity index (χ2n) is 5.59. The lowest BCUT2D eigenvalue weighted by Crippen LogP contribution is -2.37. The minimum atomic E-state index is -3.66. The molecular formula is C19H22N2O3S2. The van der Waals surface area contributed by atoms with Crippen LogP contribution in [-0.4, -0.2) is 33.2 Å². The molecule has 0 bridgehead atoms. The predicted octanol–water partition coefficient (Wildman–Crippen LogP) is 2.79. The van der Waals surface area contributed by atoms with Crippen LogP contribution in [0, 0.1) is 6.92 Å². The first-order valence-electron chi connectivity index (χ1n) is 8.13. The molecule has 5 nitrogen and oxygen atoms in total. The molecule has 0 saturated carbocycles. The molecule has 2 aromatic carbocycles. The van der Waals surface area contributed by atoms with Crippen LogP contribution in [0.3, 0.4) is 0 Å². The van der Waals surface area contributed by atoms with Crippen LogP contribution in [0.25, 0.3) is 6.08 Å². The molecule has 7 heteroatoms. The fourth-order valence-corrected chi connectivity index (χ4v) is 3.55. The highest BCUT2D eigenvalue weighted by Crippen LogP contribution is 2.15. The fourth-order valence-electron chi connectivity index (χ4n) is 2.00. The SMILES string of the molecule is Cc1ccc(C=CS(=O)(=O)NCC(=O)NCCSc2ccccc2)cc1. The summed E-state index contributed by atoms with van der Waals surface area (Å²) in [7, 11) is -3.66. The smallest absolute Gasteiger partial charge is 0.235 e. The summed E-state index contributed by atoms with van der Waals surface area (Å²) in [5, 5.41) is 3.76. The van der Waals surface area contributed by atoms with E-state index in [2.05, 4.69) is 10.0 Å². The van der Waals surface area contributed by atoms with Gasteiger partial charge >= 0.3 is 0 Å². The maximum atomic E-state index is 11.9. The number of carbonyl (C=O) groups is 1. The van der Waals surface area contributed by atoms with Crippen molar-refractivity contribution in [1.29, 1.82) is 0 Å². The molecule has 2 N–H and O–H groups in total. The largest absolute Gasteiger partial charge is 0.354 e. The van der Waals surface area contributed by atoms with Crippen LogP contribution in [0.4, 0.5) is 0 Å². The number of thioether (sulfide) groups is 1. The Morgan fingerprint density at radius 1 is 1.08 bits per heavy atom. The van der Waals surface area contributed by atoms with Gasteiger partial charge in [-0.1, -0.05) is 48.0 Å². The summed E-state index contributed by atoms with van der Waals surface area (Å²) in [6.07, 6.45) is 1.50. The average Bonchev–Trinajstić information content (AvgIpc) is 2.64. The van der Waals surface area contributed by atoms with Gasteiger partial charge < -0.3 is 5.32 Å². The number of hydrogen-bond donors (Lipinski definition) is 2. The molecule has 0 aliphatic heterocycles. The molecule has 1 amide bonds. The number of carbonyl (C=O) groups excluding carboxylic acids is 1. The number of amides is 1. The van der Waals surface area contributed by atoms with E-state index in [-0.39, 0.29) is 12.5 Å². The Labute approximate surface area is 158 Å². The summed E-state index contributed by atoms with van der Waals surface area (Å²) in [6, 6.07) is 17.3. The van der Waals surface area contributed by atoms with Gasteiger partial charge in [0.1, 0.15) is 0 Å². The summed E-state index contributed by atoms with van der Waals surface area (Å²) >= 11 is 1.63. The second kappa shape index (κ2) is 10.2. The number of rotatable bonds is 9. The van der Waals surface area contributed by atoms with Crippen LogP contribution in [0.1, 0.15) is 11.1 Å². The molecule has 2 rings (SSSR count). The summed E-state index contributed by atoms with van der Waals surface area (Å²) in [6.45, 7) is 2.15. The molecule has 0 fully saturated rings. The molecule has 0 atom stereocenters. The van der Waals surface area contributed by atoms with E-state index < -0.39 is 10.0 Å². The van der Waals surface area contributed by atoms with Gasteiger partial charge in [0.25, 0.3) is 0 Å². The molecule has 0 unspecified atom stereocenters. The van der Waals surface area contributed by atoms with Gasteiger partial charge in [-0.05, 0) is 30.7 Å². The molecule has 0 aromatic heterocycles. The first-order valence-corrected chi connectivity index (χ1v) is 10.7. The molecule has 0 radical (unpaired) electrons. The van der Waals surface area contributed by atoms with Gasteiger partial charge in [0, 0.05) is 22.6 Å². The Bertz CT molecular complexity index is 833. The van der Waals surface area contributed by atoms with Crippen molar-refractivity contribution < 1.29 is 13.2 Å². The maximum absolute atomic E-state index is 11.9. The Morgan fingerprint density at radius 2 is 1.77 bits per heavy atom. The van der Waals surface area contributed by atoms with E-state index in [1.165, 1.54) is 6.08 Å². The summed E-state index contributed by atoms with van der Waals surface area (Å²) in [5.74, 6) is 0.363. The maximum Gasteiger partial charge on any atom is 0.235 e. The van der Waals surface area contributed by atoms with E-state index in [9.17, 15) is 13.2 Å². The van der Waals surface area contributed by atoms with Crippen LogP contribution >= 0.6 is 11.8 Å². The zero-order valence-corrected chi connectivity index (χ0v) is 16.1. The molecule has 138 valence electrons. The van der Waals surface area contributed by atoms with Crippen LogP contribution in [0.5, 0.6) is 0 Å². The monoisotopic (exact) mass is 390 g/mol. The highest BCUT2D eigenvalue weighted by Gasteiger charge is 2.08. The van der Waals surface area contributed by atoms with Gasteiger partial charge in [-0.15, -0.1) is 11.8 Å². The summed E-state index contributed by atoms with van der Waals surface area (Å²) < 4.78 is 26.1. The Hall–Kier alpha value is -2.09. The van der Waals surface area contributed by atoms with E-state index >= 15 is 0 Å². The molecule has 26 heavy (non-hydrogen) atoms. The lowest BCUT2D eigenvalue weighted by molar-refractivity contribution is -0.119. The molecule has 2 aromatic rings. The van der Waals surface area contributed by atoms with Gasteiger partial charge in [-0.2, -0.15) is 0 Å². The van der Waals surface area contributed by atoms with Gasteiger partial charge in [-0.3, -0.25) is 4.79 Å². The van der Waals surface area contributed by atoms with Gasteiger partial charge in [0.05, 0.1) is 6.54 Å². The minimum Gasteiger partial charge on any atom is -0.354 e. The van der Waals surface area contributed by atoms with Crippen LogP contribution in [0.15, 0.2) is 64.9 Å². The number of benzene rings is 2. The van der Waals surface area contributed by atoms with Crippen molar-refractivity contribution in [2.24, 2.45) is 0 Å². The second-order valence-corrected chi connectivity index (χ2v) is 8.41. The number of aryl methyl sites for hydroxylation is 1. The van der Waals surface area contributed by atoms with Crippen molar-refractivity contribution in [3.8, 4) is 0 Å². The van der Waals surface area contributed by atoms with E-state index in [0.29, 0.717) is 6.54 Å². The Kier molecular flexibility index (Phi) is 7.90. The molecular weight excluding hydrogens is 368 g/mol. The predicted molar refractivity (Wildman–Crippen MR) is 107 cm³/mol. The fraction of sp³-hybridized carbons (Fsp3) is 0.211. The average molecular weight is 391 g/mol. The summed E-state index contributed by atoms with van der Waals surface area (Å²) in [5.41, 5.74) is 1.88. The highest BCUT2D eigenvalue weighted by atomic mass is 32.2. The van der Waals surface area contributed by atoms with Crippen molar-refractivity contribution >= 4 is 33.8 Å². The normalized spacial score (nSPS) is 11.6. The molecule has 0 spiro atoms. The number of sulfonamides is 1. The first-order chi connectivity index (χ1) is 12.4. The topological polar surface area (TPSA) is 75.3 Å². The molecule has 0 saturated heterocycles. The molecule has 0 aliphatic carbocycles. The number of hydrogen-bond acceptors (Lipinski definition) is 4. The van der Waals surface area contributed by atoms with Crippen molar-refractivity contribution in [3.05, 3.63) is 71.1 Å². The molecule has 0 heterocycles. The van der Waals surface area contributed by atoms with Gasteiger partial charge in [-0.25, -0.2) is 13.1 Å². The lowest BCUT2D eigenvalue weighted by atomic mass is 10.2. The van der Waals surface area contributed by atoms with E-state index in [4.69, 9.17) is 0 Å². The van der Waals surface area contributed by atoms with Crippen LogP contribution in [-0.2, 0) is 14.8 Å². The zero-order valence-electron chi connectivity index (χ0n) is 14.5. The zero-order chi connectivity index (χ0) is 18.8. The Morgan fingerprint density at radius 3 is 2.46 bits per heavy atom. The van der Waals surface area contributed by atoms with Crippen LogP contribution < -0.4 is 10.0 Å². The third-order valence-electron chi connectivity index (χ3n) is 3.39. The number of nitrogens with one attached hydrogen (secondary N) is 2. The van der Waals surface area contributed by atoms with Gasteiger partial charge in [0.15, 0.2) is 0 Å². The first kappa shape index (κ1) is 20.2. The Balaban J connectivity index is 1.69. The third-order valence-corrected chi connectivity index (χ3v) is 5.44. The standard InChI is InChI=1S/C19H22N2O3S2/c1-16-7-9-17(10-8-16)11-14-26(23,24)21-15-19(22)20-12-13-25-18-5-3-2-4-6-18/h2-11,14,21H,12-13,15H2,1H3,(H,20,22). The van der Waals surface area contributed by atoms with E-state index in [1.54, 1.807) is 11.8 Å². The van der Waals surface area contributed by atoms with Crippen molar-refractivity contribution in [2.45, 2.75) is 11.8 Å². The minimum absolute atomic E-state index is 0.281. The molecule has 0 aliphatic rings. The van der Waals surface area contributed by atoms with Crippen LogP contribution in [0.2, 0.25) is 0 Å². The highest BCUT2D eigenvalue weighted by molar-refractivity contribution is 7.99. The lowest BCUT2D eigenvalue weighted by Gasteiger charge is -2.06. The van der Waals surface area contributed by atoms with Crippen molar-refractivity contribution in [3.63, 3.8) is 0 Å². The third kappa shape index (κ3) is 7.86. The quantitative estimate of drug-likeness (QED) is 0.510. The van der Waals surface area contributed by atoms with Crippen molar-refractivity contribution in [2.75, 3.05) is 18.8 Å². The van der Waals surface area contributed by atoms with Crippen molar-refractivity contribution in [1.82, 2.24) is 10.0 Å². The van der Waals surface area contributed by atoms with E-state index in [0.717, 1.165) is 27.2 Å². The van der Waals surface area contributed by atoms with Gasteiger partial charge in [0.2, 0.25) is 15.9 Å².